The van der Waals surface area contributed by atoms with Gasteiger partial charge in [0.1, 0.15) is 0 Å². The first kappa shape index (κ1) is 10.3. The first-order chi connectivity index (χ1) is 7.75. The predicted molar refractivity (Wildman–Crippen MR) is 67.2 cm³/mol. The van der Waals surface area contributed by atoms with Crippen LogP contribution in [0.15, 0.2) is 33.4 Å². The summed E-state index contributed by atoms with van der Waals surface area (Å²) in [6, 6.07) is 7.65. The molecule has 0 saturated heterocycles. The molecule has 0 aliphatic carbocycles. The molecular formula is C9H5N3OS2Se. The number of benzene rings is 1. The minimum atomic E-state index is -0.0343. The van der Waals surface area contributed by atoms with Gasteiger partial charge in [-0.05, 0) is 0 Å². The van der Waals surface area contributed by atoms with Crippen molar-refractivity contribution in [3.63, 3.8) is 0 Å². The van der Waals surface area contributed by atoms with Crippen molar-refractivity contribution in [3.8, 4) is 5.13 Å². The minimum absolute atomic E-state index is 0.0140. The number of hydrogen-bond acceptors (Lipinski definition) is 5. The molecule has 0 atom stereocenters. The molecule has 0 N–H and O–H groups in total. The SMILES string of the molecule is O=c1c2ccccc2[se]n1-c1nnc(S)s1. The summed E-state index contributed by atoms with van der Waals surface area (Å²) in [5, 5.41) is 9.16. The Labute approximate surface area is 106 Å². The molecule has 0 amide bonds. The standard InChI is InChI=1S/C9H5N3OS2Se/c13-7-5-3-1-2-4-6(5)16-12(7)8-10-11-9(14)15-8/h1-4H,(H,11,14). The van der Waals surface area contributed by atoms with E-state index in [4.69, 9.17) is 0 Å². The van der Waals surface area contributed by atoms with Crippen molar-refractivity contribution in [3.05, 3.63) is 34.6 Å². The molecule has 2 aromatic heterocycles. The molecule has 1 aromatic carbocycles. The summed E-state index contributed by atoms with van der Waals surface area (Å²) in [7, 11) is 0. The third-order valence-corrected chi connectivity index (χ3v) is 5.66. The number of aromatic nitrogens is 3. The fraction of sp³-hybridized carbons (Fsp3) is 0. The molecule has 0 fully saturated rings. The molecule has 0 aliphatic heterocycles. The van der Waals surface area contributed by atoms with Crippen LogP contribution in [-0.4, -0.2) is 28.5 Å². The molecular weight excluding hydrogens is 309 g/mol. The molecule has 0 saturated carbocycles. The van der Waals surface area contributed by atoms with Gasteiger partial charge in [0.05, 0.1) is 0 Å². The average Bonchev–Trinajstić information content (AvgIpc) is 2.84. The Kier molecular flexibility index (Phi) is 2.48. The Bertz CT molecular complexity index is 715. The molecule has 16 heavy (non-hydrogen) atoms. The van der Waals surface area contributed by atoms with Gasteiger partial charge in [0.2, 0.25) is 0 Å². The molecule has 7 heteroatoms. The van der Waals surface area contributed by atoms with E-state index in [0.717, 1.165) is 9.65 Å². The quantitative estimate of drug-likeness (QED) is 0.542. The Hall–Kier alpha value is -0.881. The first-order valence-electron chi connectivity index (χ1n) is 4.39. The van der Waals surface area contributed by atoms with E-state index in [2.05, 4.69) is 22.8 Å². The third kappa shape index (κ3) is 1.56. The van der Waals surface area contributed by atoms with Gasteiger partial charge in [-0.25, -0.2) is 0 Å². The van der Waals surface area contributed by atoms with Gasteiger partial charge >= 0.3 is 106 Å². The molecule has 80 valence electrons. The topological polar surface area (TPSA) is 47.8 Å². The second kappa shape index (κ2) is 3.85. The van der Waals surface area contributed by atoms with E-state index in [1.807, 2.05) is 24.3 Å². The van der Waals surface area contributed by atoms with Crippen LogP contribution in [0.25, 0.3) is 14.8 Å². The van der Waals surface area contributed by atoms with Crippen molar-refractivity contribution in [2.45, 2.75) is 4.34 Å². The summed E-state index contributed by atoms with van der Waals surface area (Å²) in [6.07, 6.45) is 0. The van der Waals surface area contributed by atoms with Crippen LogP contribution in [0.1, 0.15) is 0 Å². The van der Waals surface area contributed by atoms with Crippen molar-refractivity contribution < 1.29 is 0 Å². The van der Waals surface area contributed by atoms with Gasteiger partial charge in [-0.3, -0.25) is 0 Å². The van der Waals surface area contributed by atoms with Gasteiger partial charge in [0, 0.05) is 0 Å². The predicted octanol–water partition coefficient (Wildman–Crippen LogP) is 1.19. The molecule has 0 unspecified atom stereocenters. The fourth-order valence-electron chi connectivity index (χ4n) is 1.39. The van der Waals surface area contributed by atoms with E-state index in [-0.39, 0.29) is 20.3 Å². The fourth-order valence-corrected chi connectivity index (χ4v) is 4.46. The van der Waals surface area contributed by atoms with Crippen LogP contribution in [0, 0.1) is 0 Å². The summed E-state index contributed by atoms with van der Waals surface area (Å²) >= 11 is 5.39. The van der Waals surface area contributed by atoms with Crippen LogP contribution >= 0.6 is 24.0 Å². The number of thiol groups is 1. The van der Waals surface area contributed by atoms with E-state index in [9.17, 15) is 4.79 Å². The molecule has 0 aliphatic rings. The average molecular weight is 314 g/mol. The number of fused-ring (bicyclic) bond motifs is 1. The summed E-state index contributed by atoms with van der Waals surface area (Å²) in [5.41, 5.74) is 0.0140. The van der Waals surface area contributed by atoms with Crippen LogP contribution in [0.5, 0.6) is 0 Å². The zero-order valence-electron chi connectivity index (χ0n) is 7.82. The van der Waals surface area contributed by atoms with Gasteiger partial charge in [-0.2, -0.15) is 0 Å². The molecule has 2 heterocycles. The van der Waals surface area contributed by atoms with Crippen molar-refractivity contribution in [1.82, 2.24) is 13.8 Å². The third-order valence-electron chi connectivity index (χ3n) is 2.07. The molecule has 0 radical (unpaired) electrons. The first-order valence-corrected chi connectivity index (χ1v) is 7.28. The molecule has 3 rings (SSSR count). The zero-order chi connectivity index (χ0) is 11.1. The summed E-state index contributed by atoms with van der Waals surface area (Å²) in [4.78, 5) is 12.1. The Morgan fingerprint density at radius 3 is 2.81 bits per heavy atom. The van der Waals surface area contributed by atoms with Crippen molar-refractivity contribution in [2.24, 2.45) is 0 Å². The molecule has 0 bridgehead atoms. The Morgan fingerprint density at radius 2 is 2.12 bits per heavy atom. The van der Waals surface area contributed by atoms with Gasteiger partial charge in [0.25, 0.3) is 0 Å². The second-order valence-electron chi connectivity index (χ2n) is 3.05. The van der Waals surface area contributed by atoms with Crippen molar-refractivity contribution >= 4 is 48.3 Å². The zero-order valence-corrected chi connectivity index (χ0v) is 11.2. The van der Waals surface area contributed by atoms with E-state index in [0.29, 0.717) is 9.47 Å². The Morgan fingerprint density at radius 1 is 1.31 bits per heavy atom. The van der Waals surface area contributed by atoms with Crippen LogP contribution in [0.2, 0.25) is 0 Å². The summed E-state index contributed by atoms with van der Waals surface area (Å²) in [6.45, 7) is 0. The van der Waals surface area contributed by atoms with Gasteiger partial charge < -0.3 is 0 Å². The maximum atomic E-state index is 12.1. The monoisotopic (exact) mass is 315 g/mol. The number of rotatable bonds is 1. The number of nitrogens with zero attached hydrogens (tertiary/aromatic N) is 3. The summed E-state index contributed by atoms with van der Waals surface area (Å²) < 4.78 is 3.36. The van der Waals surface area contributed by atoms with E-state index in [1.165, 1.54) is 11.3 Å². The second-order valence-corrected chi connectivity index (χ2v) is 6.81. The van der Waals surface area contributed by atoms with Crippen LogP contribution in [0.4, 0.5) is 0 Å². The van der Waals surface area contributed by atoms with Crippen molar-refractivity contribution in [2.75, 3.05) is 0 Å². The van der Waals surface area contributed by atoms with Crippen LogP contribution < -0.4 is 5.56 Å². The van der Waals surface area contributed by atoms with Gasteiger partial charge in [-0.15, -0.1) is 0 Å². The van der Waals surface area contributed by atoms with Crippen LogP contribution in [-0.2, 0) is 0 Å². The van der Waals surface area contributed by atoms with E-state index in [1.54, 1.807) is 3.56 Å². The van der Waals surface area contributed by atoms with Gasteiger partial charge in [0.15, 0.2) is 0 Å². The van der Waals surface area contributed by atoms with E-state index >= 15 is 0 Å². The van der Waals surface area contributed by atoms with E-state index < -0.39 is 0 Å². The normalized spacial score (nSPS) is 11.1. The summed E-state index contributed by atoms with van der Waals surface area (Å²) in [5.74, 6) is 0. The maximum absolute atomic E-state index is 12.1. The molecule has 0 spiro atoms. The van der Waals surface area contributed by atoms with Gasteiger partial charge in [-0.1, -0.05) is 0 Å². The Balaban J connectivity index is 2.33. The van der Waals surface area contributed by atoms with Crippen LogP contribution in [0.3, 0.4) is 0 Å². The molecule has 4 nitrogen and oxygen atoms in total. The molecule has 3 aromatic rings. The number of hydrogen-bond donors (Lipinski definition) is 1. The van der Waals surface area contributed by atoms with Crippen molar-refractivity contribution in [1.29, 1.82) is 0 Å².